The number of hydrogen-bond donors (Lipinski definition) is 2. The summed E-state index contributed by atoms with van der Waals surface area (Å²) in [5.41, 5.74) is 0. The number of nitrogens with one attached hydrogen (secondary N) is 2. The van der Waals surface area contributed by atoms with Crippen molar-refractivity contribution in [2.24, 2.45) is 4.99 Å². The predicted molar refractivity (Wildman–Crippen MR) is 60.7 cm³/mol. The molecule has 1 rings (SSSR count). The van der Waals surface area contributed by atoms with Gasteiger partial charge in [-0.2, -0.15) is 0 Å². The highest BCUT2D eigenvalue weighted by Gasteiger charge is 2.17. The first-order chi connectivity index (χ1) is 6.76. The van der Waals surface area contributed by atoms with Crippen molar-refractivity contribution in [1.29, 1.82) is 0 Å². The Labute approximate surface area is 88.9 Å². The van der Waals surface area contributed by atoms with E-state index >= 15 is 0 Å². The zero-order chi connectivity index (χ0) is 10.4. The lowest BCUT2D eigenvalue weighted by Crippen LogP contribution is -2.26. The van der Waals surface area contributed by atoms with Crippen LogP contribution in [0.3, 0.4) is 0 Å². The quantitative estimate of drug-likeness (QED) is 0.722. The maximum atomic E-state index is 10.9. The fraction of sp³-hybridized carbons (Fsp3) is 0.778. The molecule has 1 saturated heterocycles. The van der Waals surface area contributed by atoms with Gasteiger partial charge >= 0.3 is 0 Å². The molecule has 0 aliphatic carbocycles. The van der Waals surface area contributed by atoms with Crippen LogP contribution in [0.2, 0.25) is 0 Å². The molecule has 1 aliphatic heterocycles. The number of carbonyl (C=O) groups excluding carboxylic acids is 1. The number of rotatable bonds is 4. The van der Waals surface area contributed by atoms with Crippen molar-refractivity contribution in [3.8, 4) is 0 Å². The van der Waals surface area contributed by atoms with E-state index in [4.69, 9.17) is 0 Å². The molecule has 1 atom stereocenters. The molecule has 0 spiro atoms. The van der Waals surface area contributed by atoms with Crippen LogP contribution in [0.25, 0.3) is 0 Å². The lowest BCUT2D eigenvalue weighted by Gasteiger charge is -2.04. The SMILES string of the molecule is CCC1CSC(=NCCC(=O)NC)N1. The fourth-order valence-corrected chi connectivity index (χ4v) is 2.24. The number of hydrogen-bond acceptors (Lipinski definition) is 3. The van der Waals surface area contributed by atoms with Crippen LogP contribution in [0, 0.1) is 0 Å². The second-order valence-electron chi connectivity index (χ2n) is 3.17. The van der Waals surface area contributed by atoms with Crippen LogP contribution in [-0.2, 0) is 4.79 Å². The van der Waals surface area contributed by atoms with Crippen molar-refractivity contribution in [2.45, 2.75) is 25.8 Å². The average molecular weight is 215 g/mol. The maximum Gasteiger partial charge on any atom is 0.221 e. The molecule has 0 aromatic carbocycles. The Morgan fingerprint density at radius 3 is 3.14 bits per heavy atom. The summed E-state index contributed by atoms with van der Waals surface area (Å²) in [6.07, 6.45) is 1.60. The topological polar surface area (TPSA) is 53.5 Å². The highest BCUT2D eigenvalue weighted by Crippen LogP contribution is 2.15. The van der Waals surface area contributed by atoms with Gasteiger partial charge in [0.15, 0.2) is 5.17 Å². The van der Waals surface area contributed by atoms with Gasteiger partial charge in [-0.3, -0.25) is 9.79 Å². The van der Waals surface area contributed by atoms with Crippen LogP contribution < -0.4 is 10.6 Å². The minimum absolute atomic E-state index is 0.0457. The summed E-state index contributed by atoms with van der Waals surface area (Å²) in [5, 5.41) is 6.88. The van der Waals surface area contributed by atoms with Gasteiger partial charge in [-0.05, 0) is 6.42 Å². The molecule has 2 N–H and O–H groups in total. The third-order valence-electron chi connectivity index (χ3n) is 2.11. The molecule has 0 aromatic heterocycles. The van der Waals surface area contributed by atoms with Crippen molar-refractivity contribution in [1.82, 2.24) is 10.6 Å². The molecule has 1 aliphatic rings. The minimum atomic E-state index is 0.0457. The smallest absolute Gasteiger partial charge is 0.221 e. The van der Waals surface area contributed by atoms with Gasteiger partial charge in [0.05, 0.1) is 6.54 Å². The van der Waals surface area contributed by atoms with Gasteiger partial charge in [0.2, 0.25) is 5.91 Å². The van der Waals surface area contributed by atoms with Crippen molar-refractivity contribution in [3.63, 3.8) is 0 Å². The molecule has 1 amide bonds. The van der Waals surface area contributed by atoms with Gasteiger partial charge in [-0.25, -0.2) is 0 Å². The number of aliphatic imine (C=N–C) groups is 1. The highest BCUT2D eigenvalue weighted by atomic mass is 32.2. The van der Waals surface area contributed by atoms with E-state index in [-0.39, 0.29) is 5.91 Å². The first-order valence-electron chi connectivity index (χ1n) is 4.90. The van der Waals surface area contributed by atoms with Crippen LogP contribution in [0.5, 0.6) is 0 Å². The summed E-state index contributed by atoms with van der Waals surface area (Å²) in [6, 6.07) is 0.554. The molecule has 1 fully saturated rings. The first-order valence-corrected chi connectivity index (χ1v) is 5.89. The molecule has 1 unspecified atom stereocenters. The number of nitrogens with zero attached hydrogens (tertiary/aromatic N) is 1. The lowest BCUT2D eigenvalue weighted by molar-refractivity contribution is -0.120. The summed E-state index contributed by atoms with van der Waals surface area (Å²) in [5.74, 6) is 1.14. The zero-order valence-electron chi connectivity index (χ0n) is 8.67. The van der Waals surface area contributed by atoms with E-state index in [1.54, 1.807) is 18.8 Å². The van der Waals surface area contributed by atoms with Gasteiger partial charge in [0.1, 0.15) is 0 Å². The van der Waals surface area contributed by atoms with E-state index in [1.165, 1.54) is 0 Å². The lowest BCUT2D eigenvalue weighted by atomic mass is 10.3. The van der Waals surface area contributed by atoms with Crippen LogP contribution in [0.15, 0.2) is 4.99 Å². The Hall–Kier alpha value is -0.710. The second kappa shape index (κ2) is 5.90. The molecule has 0 radical (unpaired) electrons. The number of thioether (sulfide) groups is 1. The van der Waals surface area contributed by atoms with Crippen molar-refractivity contribution in [2.75, 3.05) is 19.3 Å². The molecule has 14 heavy (non-hydrogen) atoms. The summed E-state index contributed by atoms with van der Waals surface area (Å²) >= 11 is 1.74. The largest absolute Gasteiger partial charge is 0.361 e. The van der Waals surface area contributed by atoms with E-state index in [0.29, 0.717) is 19.0 Å². The zero-order valence-corrected chi connectivity index (χ0v) is 9.49. The molecule has 80 valence electrons. The van der Waals surface area contributed by atoms with E-state index in [1.807, 2.05) is 0 Å². The average Bonchev–Trinajstić information content (AvgIpc) is 2.65. The number of carbonyl (C=O) groups is 1. The van der Waals surface area contributed by atoms with E-state index in [9.17, 15) is 4.79 Å². The van der Waals surface area contributed by atoms with Gasteiger partial charge in [-0.1, -0.05) is 18.7 Å². The Kier molecular flexibility index (Phi) is 4.79. The summed E-state index contributed by atoms with van der Waals surface area (Å²) in [4.78, 5) is 15.2. The normalized spacial score (nSPS) is 23.6. The maximum absolute atomic E-state index is 10.9. The molecule has 0 saturated carbocycles. The van der Waals surface area contributed by atoms with Gasteiger partial charge in [-0.15, -0.1) is 0 Å². The number of amidine groups is 1. The van der Waals surface area contributed by atoms with Crippen molar-refractivity contribution < 1.29 is 4.79 Å². The molecule has 4 nitrogen and oxygen atoms in total. The molecule has 1 heterocycles. The number of amides is 1. The molecule has 0 bridgehead atoms. The summed E-state index contributed by atoms with van der Waals surface area (Å²) in [6.45, 7) is 2.73. The monoisotopic (exact) mass is 215 g/mol. The van der Waals surface area contributed by atoms with E-state index in [2.05, 4.69) is 22.5 Å². The predicted octanol–water partition coefficient (Wildman–Crippen LogP) is 0.594. The van der Waals surface area contributed by atoms with E-state index < -0.39 is 0 Å². The van der Waals surface area contributed by atoms with Gasteiger partial charge in [0, 0.05) is 25.3 Å². The first kappa shape index (κ1) is 11.4. The Morgan fingerprint density at radius 1 is 1.79 bits per heavy atom. The molecular formula is C9H17N3OS. The third kappa shape index (κ3) is 3.57. The second-order valence-corrected chi connectivity index (χ2v) is 4.18. The standard InChI is InChI=1S/C9H17N3OS/c1-3-7-6-14-9(12-7)11-5-4-8(13)10-2/h7H,3-6H2,1-2H3,(H,10,13)(H,11,12). The van der Waals surface area contributed by atoms with Gasteiger partial charge < -0.3 is 10.6 Å². The van der Waals surface area contributed by atoms with Crippen molar-refractivity contribution in [3.05, 3.63) is 0 Å². The van der Waals surface area contributed by atoms with Crippen LogP contribution in [0.1, 0.15) is 19.8 Å². The minimum Gasteiger partial charge on any atom is -0.361 e. The molecule has 0 aromatic rings. The van der Waals surface area contributed by atoms with Crippen molar-refractivity contribution >= 4 is 22.8 Å². The summed E-state index contributed by atoms with van der Waals surface area (Å²) in [7, 11) is 1.64. The Bertz CT molecular complexity index is 230. The Balaban J connectivity index is 2.22. The molecular weight excluding hydrogens is 198 g/mol. The fourth-order valence-electron chi connectivity index (χ4n) is 1.13. The van der Waals surface area contributed by atoms with Crippen LogP contribution in [0.4, 0.5) is 0 Å². The molecule has 5 heteroatoms. The van der Waals surface area contributed by atoms with Gasteiger partial charge in [0.25, 0.3) is 0 Å². The highest BCUT2D eigenvalue weighted by molar-refractivity contribution is 8.14. The van der Waals surface area contributed by atoms with E-state index in [0.717, 1.165) is 17.3 Å². The third-order valence-corrected chi connectivity index (χ3v) is 3.20. The Morgan fingerprint density at radius 2 is 2.57 bits per heavy atom. The summed E-state index contributed by atoms with van der Waals surface area (Å²) < 4.78 is 0. The van der Waals surface area contributed by atoms with Crippen LogP contribution in [-0.4, -0.2) is 36.5 Å². The van der Waals surface area contributed by atoms with Crippen LogP contribution >= 0.6 is 11.8 Å².